The molecule has 0 radical (unpaired) electrons. The van der Waals surface area contributed by atoms with Crippen LogP contribution >= 0.6 is 0 Å². The van der Waals surface area contributed by atoms with Gasteiger partial charge in [-0.15, -0.1) is 0 Å². The van der Waals surface area contributed by atoms with E-state index in [2.05, 4.69) is 5.32 Å². The van der Waals surface area contributed by atoms with Gasteiger partial charge in [-0.3, -0.25) is 14.9 Å². The number of aryl methyl sites for hydroxylation is 1. The molecule has 16 heavy (non-hydrogen) atoms. The summed E-state index contributed by atoms with van der Waals surface area (Å²) in [7, 11) is 0. The zero-order valence-corrected chi connectivity index (χ0v) is 9.06. The first-order chi connectivity index (χ1) is 7.41. The van der Waals surface area contributed by atoms with Crippen molar-refractivity contribution in [2.75, 3.05) is 5.32 Å². The predicted molar refractivity (Wildman–Crippen MR) is 60.1 cm³/mol. The van der Waals surface area contributed by atoms with Gasteiger partial charge in [-0.2, -0.15) is 0 Å². The lowest BCUT2D eigenvalue weighted by atomic mass is 10.1. The van der Waals surface area contributed by atoms with Crippen molar-refractivity contribution >= 4 is 17.3 Å². The van der Waals surface area contributed by atoms with Crippen molar-refractivity contribution in [3.8, 4) is 0 Å². The highest BCUT2D eigenvalue weighted by Gasteiger charge is 2.12. The van der Waals surface area contributed by atoms with Crippen LogP contribution in [0.25, 0.3) is 0 Å². The van der Waals surface area contributed by atoms with Crippen molar-refractivity contribution in [2.24, 2.45) is 5.73 Å². The Bertz CT molecular complexity index is 431. The second-order valence-electron chi connectivity index (χ2n) is 3.52. The third kappa shape index (κ3) is 2.69. The molecule has 0 aliphatic carbocycles. The van der Waals surface area contributed by atoms with Crippen molar-refractivity contribution in [3.63, 3.8) is 0 Å². The molecule has 1 amide bonds. The molecule has 0 aliphatic heterocycles. The first-order valence-electron chi connectivity index (χ1n) is 4.72. The van der Waals surface area contributed by atoms with Crippen molar-refractivity contribution in [2.45, 2.75) is 19.9 Å². The van der Waals surface area contributed by atoms with Crippen LogP contribution in [-0.4, -0.2) is 16.9 Å². The molecule has 1 aromatic carbocycles. The topological polar surface area (TPSA) is 98.3 Å². The molecule has 1 unspecified atom stereocenters. The van der Waals surface area contributed by atoms with Crippen LogP contribution in [0.4, 0.5) is 11.4 Å². The predicted octanol–water partition coefficient (Wildman–Crippen LogP) is 1.19. The number of amides is 1. The van der Waals surface area contributed by atoms with Crippen LogP contribution in [0.1, 0.15) is 12.5 Å². The summed E-state index contributed by atoms with van der Waals surface area (Å²) < 4.78 is 0. The Morgan fingerprint density at radius 1 is 1.56 bits per heavy atom. The highest BCUT2D eigenvalue weighted by Crippen LogP contribution is 2.21. The lowest BCUT2D eigenvalue weighted by molar-refractivity contribution is -0.384. The van der Waals surface area contributed by atoms with Crippen LogP contribution in [0.3, 0.4) is 0 Å². The summed E-state index contributed by atoms with van der Waals surface area (Å²) in [5, 5.41) is 13.4. The fraction of sp³-hybridized carbons (Fsp3) is 0.300. The fourth-order valence-electron chi connectivity index (χ4n) is 1.23. The summed E-state index contributed by atoms with van der Waals surface area (Å²) in [6, 6.07) is 3.87. The number of benzene rings is 1. The molecule has 1 atom stereocenters. The highest BCUT2D eigenvalue weighted by atomic mass is 16.6. The Balaban J connectivity index is 2.91. The summed E-state index contributed by atoms with van der Waals surface area (Å²) in [5.74, 6) is -0.474. The van der Waals surface area contributed by atoms with Gasteiger partial charge >= 0.3 is 0 Å². The molecular formula is C10H13N3O3. The molecule has 0 heterocycles. The normalized spacial score (nSPS) is 11.9. The number of nitro groups is 1. The number of primary amides is 1. The summed E-state index contributed by atoms with van der Waals surface area (Å²) in [6.07, 6.45) is 0. The second-order valence-corrected chi connectivity index (χ2v) is 3.52. The lowest BCUT2D eigenvalue weighted by Gasteiger charge is -2.13. The minimum atomic E-state index is -0.514. The minimum absolute atomic E-state index is 0.0229. The molecule has 6 heteroatoms. The zero-order valence-electron chi connectivity index (χ0n) is 9.06. The largest absolute Gasteiger partial charge is 0.374 e. The highest BCUT2D eigenvalue weighted by molar-refractivity contribution is 5.82. The first-order valence-corrected chi connectivity index (χ1v) is 4.72. The van der Waals surface area contributed by atoms with Gasteiger partial charge < -0.3 is 11.1 Å². The Morgan fingerprint density at radius 2 is 2.19 bits per heavy atom. The van der Waals surface area contributed by atoms with Crippen molar-refractivity contribution < 1.29 is 9.72 Å². The number of nitrogens with zero attached hydrogens (tertiary/aromatic N) is 1. The minimum Gasteiger partial charge on any atom is -0.374 e. The monoisotopic (exact) mass is 223 g/mol. The lowest BCUT2D eigenvalue weighted by Crippen LogP contribution is -2.32. The van der Waals surface area contributed by atoms with Gasteiger partial charge in [-0.25, -0.2) is 0 Å². The number of rotatable bonds is 4. The summed E-state index contributed by atoms with van der Waals surface area (Å²) in [6.45, 7) is 3.35. The van der Waals surface area contributed by atoms with Crippen molar-refractivity contribution in [1.29, 1.82) is 0 Å². The Kier molecular flexibility index (Phi) is 3.44. The van der Waals surface area contributed by atoms with E-state index in [1.54, 1.807) is 19.9 Å². The molecule has 3 N–H and O–H groups in total. The maximum Gasteiger partial charge on any atom is 0.269 e. The van der Waals surface area contributed by atoms with Gasteiger partial charge in [0.05, 0.1) is 4.92 Å². The van der Waals surface area contributed by atoms with Crippen LogP contribution in [0.2, 0.25) is 0 Å². The number of nitrogens with one attached hydrogen (secondary N) is 1. The molecule has 0 bridgehead atoms. The quantitative estimate of drug-likeness (QED) is 0.591. The summed E-state index contributed by atoms with van der Waals surface area (Å²) in [5.41, 5.74) is 6.49. The fourth-order valence-corrected chi connectivity index (χ4v) is 1.23. The van der Waals surface area contributed by atoms with E-state index in [1.165, 1.54) is 12.1 Å². The van der Waals surface area contributed by atoms with E-state index < -0.39 is 16.9 Å². The number of non-ortho nitro benzene ring substituents is 1. The van der Waals surface area contributed by atoms with Crippen molar-refractivity contribution in [1.82, 2.24) is 0 Å². The molecule has 6 nitrogen and oxygen atoms in total. The summed E-state index contributed by atoms with van der Waals surface area (Å²) >= 11 is 0. The molecular weight excluding hydrogens is 210 g/mol. The van der Waals surface area contributed by atoms with Crippen LogP contribution < -0.4 is 11.1 Å². The number of carbonyl (C=O) groups excluding carboxylic acids is 1. The van der Waals surface area contributed by atoms with Gasteiger partial charge in [0.1, 0.15) is 6.04 Å². The average Bonchev–Trinajstić information content (AvgIpc) is 2.20. The maximum absolute atomic E-state index is 10.8. The van der Waals surface area contributed by atoms with Gasteiger partial charge in [-0.05, 0) is 25.5 Å². The standard InChI is InChI=1S/C10H13N3O3/c1-6-5-8(13(15)16)3-4-9(6)12-7(2)10(11)14/h3-5,7,12H,1-2H3,(H2,11,14). The number of hydrogen-bond donors (Lipinski definition) is 2. The SMILES string of the molecule is Cc1cc([N+](=O)[O-])ccc1NC(C)C(N)=O. The van der Waals surface area contributed by atoms with E-state index in [9.17, 15) is 14.9 Å². The van der Waals surface area contributed by atoms with E-state index >= 15 is 0 Å². The van der Waals surface area contributed by atoms with E-state index in [-0.39, 0.29) is 5.69 Å². The number of nitro benzene ring substituents is 1. The second kappa shape index (κ2) is 4.61. The van der Waals surface area contributed by atoms with E-state index in [4.69, 9.17) is 5.73 Å². The third-order valence-electron chi connectivity index (χ3n) is 2.22. The van der Waals surface area contributed by atoms with Gasteiger partial charge in [0.25, 0.3) is 5.69 Å². The van der Waals surface area contributed by atoms with Crippen LogP contribution in [0, 0.1) is 17.0 Å². The molecule has 86 valence electrons. The molecule has 0 aliphatic rings. The van der Waals surface area contributed by atoms with Gasteiger partial charge in [-0.1, -0.05) is 0 Å². The Morgan fingerprint density at radius 3 is 2.62 bits per heavy atom. The van der Waals surface area contributed by atoms with E-state index in [1.807, 2.05) is 0 Å². The molecule has 0 spiro atoms. The third-order valence-corrected chi connectivity index (χ3v) is 2.22. The van der Waals surface area contributed by atoms with E-state index in [0.717, 1.165) is 0 Å². The maximum atomic E-state index is 10.8. The Hall–Kier alpha value is -2.11. The number of anilines is 1. The number of carbonyl (C=O) groups is 1. The van der Waals surface area contributed by atoms with Gasteiger partial charge in [0, 0.05) is 17.8 Å². The van der Waals surface area contributed by atoms with Gasteiger partial charge in [0.2, 0.25) is 5.91 Å². The molecule has 1 rings (SSSR count). The molecule has 0 aromatic heterocycles. The van der Waals surface area contributed by atoms with Crippen LogP contribution in [0.5, 0.6) is 0 Å². The molecule has 0 fully saturated rings. The smallest absolute Gasteiger partial charge is 0.269 e. The van der Waals surface area contributed by atoms with E-state index in [0.29, 0.717) is 11.3 Å². The first kappa shape index (κ1) is 12.0. The van der Waals surface area contributed by atoms with Crippen LogP contribution in [0.15, 0.2) is 18.2 Å². The Labute approximate surface area is 92.6 Å². The number of hydrogen-bond acceptors (Lipinski definition) is 4. The van der Waals surface area contributed by atoms with Crippen molar-refractivity contribution in [3.05, 3.63) is 33.9 Å². The number of nitrogens with two attached hydrogens (primary N) is 1. The molecule has 1 aromatic rings. The van der Waals surface area contributed by atoms with Gasteiger partial charge in [0.15, 0.2) is 0 Å². The molecule has 0 saturated heterocycles. The van der Waals surface area contributed by atoms with Crippen LogP contribution in [-0.2, 0) is 4.79 Å². The molecule has 0 saturated carbocycles. The zero-order chi connectivity index (χ0) is 12.3. The average molecular weight is 223 g/mol. The summed E-state index contributed by atoms with van der Waals surface area (Å²) in [4.78, 5) is 20.9.